The van der Waals surface area contributed by atoms with Crippen LogP contribution in [0.3, 0.4) is 0 Å². The van der Waals surface area contributed by atoms with Gasteiger partial charge in [0.15, 0.2) is 5.76 Å². The van der Waals surface area contributed by atoms with Crippen LogP contribution in [0.1, 0.15) is 28.1 Å². The molecule has 1 aliphatic rings. The quantitative estimate of drug-likeness (QED) is 0.576. The van der Waals surface area contributed by atoms with Gasteiger partial charge >= 0.3 is 12.2 Å². The molecule has 32 heavy (non-hydrogen) atoms. The molecule has 0 unspecified atom stereocenters. The average molecular weight is 443 g/mol. The molecule has 0 atom stereocenters. The van der Waals surface area contributed by atoms with Gasteiger partial charge in [0.2, 0.25) is 0 Å². The minimum absolute atomic E-state index is 0.194. The summed E-state index contributed by atoms with van der Waals surface area (Å²) >= 11 is 0. The van der Waals surface area contributed by atoms with E-state index in [9.17, 15) is 22.8 Å². The molecule has 1 fully saturated rings. The van der Waals surface area contributed by atoms with Gasteiger partial charge in [0.05, 0.1) is 11.8 Å². The Balaban J connectivity index is 1.41. The molecule has 0 bridgehead atoms. The summed E-state index contributed by atoms with van der Waals surface area (Å²) in [5.74, 6) is -0.182. The van der Waals surface area contributed by atoms with Gasteiger partial charge in [-0.05, 0) is 60.5 Å². The highest BCUT2D eigenvalue weighted by Gasteiger charge is 2.30. The summed E-state index contributed by atoms with van der Waals surface area (Å²) in [4.78, 5) is 28.3. The number of nitrogens with zero attached hydrogens (tertiary/aromatic N) is 2. The molecule has 1 aliphatic heterocycles. The fourth-order valence-corrected chi connectivity index (χ4v) is 3.51. The number of hydrogen-bond donors (Lipinski definition) is 1. The van der Waals surface area contributed by atoms with Crippen molar-refractivity contribution in [3.8, 4) is 0 Å². The second-order valence-electron chi connectivity index (χ2n) is 7.38. The number of furan rings is 1. The Morgan fingerprint density at radius 3 is 2.34 bits per heavy atom. The lowest BCUT2D eigenvalue weighted by atomic mass is 10.1. The third-order valence-corrected chi connectivity index (χ3v) is 5.15. The van der Waals surface area contributed by atoms with Gasteiger partial charge in [-0.15, -0.1) is 0 Å². The fraction of sp³-hybridized carbons (Fsp3) is 0.217. The standard InChI is InChI=1S/C23H20F3N3O3/c24-23(25,26)17-6-4-16(5-7-17)15-28-12-2-13-29(22(28)31)19-10-8-18(9-11-19)27-21(30)20-3-1-14-32-20/h1,3-11,14H,2,12-13,15H2,(H,27,30). The Bertz CT molecular complexity index is 1080. The molecule has 1 aromatic heterocycles. The highest BCUT2D eigenvalue weighted by molar-refractivity contribution is 6.02. The van der Waals surface area contributed by atoms with Crippen molar-refractivity contribution in [3.05, 3.63) is 83.8 Å². The van der Waals surface area contributed by atoms with Gasteiger partial charge in [0.25, 0.3) is 5.91 Å². The zero-order chi connectivity index (χ0) is 22.7. The Kier molecular flexibility index (Phi) is 5.89. The predicted molar refractivity (Wildman–Crippen MR) is 112 cm³/mol. The summed E-state index contributed by atoms with van der Waals surface area (Å²) in [7, 11) is 0. The molecule has 1 N–H and O–H groups in total. The Labute approximate surface area is 182 Å². The lowest BCUT2D eigenvalue weighted by Crippen LogP contribution is -2.49. The third-order valence-electron chi connectivity index (χ3n) is 5.15. The molecule has 0 radical (unpaired) electrons. The molecule has 166 valence electrons. The van der Waals surface area contributed by atoms with Crippen molar-refractivity contribution in [1.29, 1.82) is 0 Å². The molecule has 2 aromatic carbocycles. The topological polar surface area (TPSA) is 65.8 Å². The highest BCUT2D eigenvalue weighted by atomic mass is 19.4. The SMILES string of the molecule is O=C(Nc1ccc(N2CCCN(Cc3ccc(C(F)(F)F)cc3)C2=O)cc1)c1ccco1. The van der Waals surface area contributed by atoms with Crippen molar-refractivity contribution in [2.45, 2.75) is 19.1 Å². The number of halogens is 3. The molecular formula is C23H20F3N3O3. The van der Waals surface area contributed by atoms with Crippen LogP contribution in [0.2, 0.25) is 0 Å². The van der Waals surface area contributed by atoms with Gasteiger partial charge < -0.3 is 14.6 Å². The maximum Gasteiger partial charge on any atom is 0.416 e. The van der Waals surface area contributed by atoms with Gasteiger partial charge in [-0.1, -0.05) is 12.1 Å². The summed E-state index contributed by atoms with van der Waals surface area (Å²) in [6, 6.07) is 14.7. The first kappa shape index (κ1) is 21.5. The maximum atomic E-state index is 13.0. The minimum Gasteiger partial charge on any atom is -0.459 e. The second kappa shape index (κ2) is 8.78. The Hall–Kier alpha value is -3.75. The Morgan fingerprint density at radius 1 is 1.00 bits per heavy atom. The van der Waals surface area contributed by atoms with E-state index in [1.54, 1.807) is 46.2 Å². The molecule has 2 heterocycles. The van der Waals surface area contributed by atoms with Gasteiger partial charge in [-0.25, -0.2) is 4.79 Å². The number of rotatable bonds is 5. The molecule has 6 nitrogen and oxygen atoms in total. The van der Waals surface area contributed by atoms with Crippen molar-refractivity contribution in [1.82, 2.24) is 4.90 Å². The molecule has 3 aromatic rings. The molecule has 0 aliphatic carbocycles. The van der Waals surface area contributed by atoms with E-state index in [-0.39, 0.29) is 24.2 Å². The number of nitrogens with one attached hydrogen (secondary N) is 1. The first-order valence-electron chi connectivity index (χ1n) is 9.99. The van der Waals surface area contributed by atoms with Crippen molar-refractivity contribution in [2.75, 3.05) is 23.3 Å². The van der Waals surface area contributed by atoms with E-state index in [1.165, 1.54) is 18.4 Å². The first-order chi connectivity index (χ1) is 15.3. The van der Waals surface area contributed by atoms with Gasteiger partial charge in [-0.3, -0.25) is 9.69 Å². The fourth-order valence-electron chi connectivity index (χ4n) is 3.51. The molecule has 1 saturated heterocycles. The highest BCUT2D eigenvalue weighted by Crippen LogP contribution is 2.29. The van der Waals surface area contributed by atoms with Gasteiger partial charge in [0.1, 0.15) is 0 Å². The van der Waals surface area contributed by atoms with Crippen molar-refractivity contribution in [2.24, 2.45) is 0 Å². The summed E-state index contributed by atoms with van der Waals surface area (Å²) in [6.07, 6.45) is -2.25. The summed E-state index contributed by atoms with van der Waals surface area (Å²) in [5, 5.41) is 2.72. The van der Waals surface area contributed by atoms with E-state index >= 15 is 0 Å². The van der Waals surface area contributed by atoms with E-state index in [1.807, 2.05) is 0 Å². The molecule has 0 saturated carbocycles. The van der Waals surface area contributed by atoms with Crippen LogP contribution >= 0.6 is 0 Å². The van der Waals surface area contributed by atoms with Crippen LogP contribution in [0.25, 0.3) is 0 Å². The normalized spacial score (nSPS) is 14.5. The smallest absolute Gasteiger partial charge is 0.416 e. The van der Waals surface area contributed by atoms with Crippen LogP contribution in [0.4, 0.5) is 29.3 Å². The molecule has 9 heteroatoms. The molecule has 0 spiro atoms. The largest absolute Gasteiger partial charge is 0.459 e. The van der Waals surface area contributed by atoms with Crippen molar-refractivity contribution >= 4 is 23.3 Å². The number of hydrogen-bond acceptors (Lipinski definition) is 3. The Morgan fingerprint density at radius 2 is 1.72 bits per heavy atom. The summed E-state index contributed by atoms with van der Waals surface area (Å²) in [6.45, 7) is 1.28. The second-order valence-corrected chi connectivity index (χ2v) is 7.38. The van der Waals surface area contributed by atoms with Crippen LogP contribution in [0.15, 0.2) is 71.3 Å². The molecule has 3 amide bonds. The minimum atomic E-state index is -4.39. The number of carbonyl (C=O) groups is 2. The summed E-state index contributed by atoms with van der Waals surface area (Å²) < 4.78 is 43.3. The van der Waals surface area contributed by atoms with E-state index in [2.05, 4.69) is 5.32 Å². The van der Waals surface area contributed by atoms with Crippen LogP contribution < -0.4 is 10.2 Å². The van der Waals surface area contributed by atoms with Crippen LogP contribution in [-0.4, -0.2) is 29.9 Å². The number of anilines is 2. The van der Waals surface area contributed by atoms with Crippen LogP contribution in [0, 0.1) is 0 Å². The summed E-state index contributed by atoms with van der Waals surface area (Å²) in [5.41, 5.74) is 1.14. The maximum absolute atomic E-state index is 13.0. The number of carbonyl (C=O) groups excluding carboxylic acids is 2. The van der Waals surface area contributed by atoms with Crippen LogP contribution in [0.5, 0.6) is 0 Å². The van der Waals surface area contributed by atoms with E-state index in [0.29, 0.717) is 30.0 Å². The predicted octanol–water partition coefficient (Wildman–Crippen LogP) is 5.38. The lowest BCUT2D eigenvalue weighted by Gasteiger charge is -2.35. The third kappa shape index (κ3) is 4.77. The first-order valence-corrected chi connectivity index (χ1v) is 9.99. The number of benzene rings is 2. The van der Waals surface area contributed by atoms with Crippen molar-refractivity contribution < 1.29 is 27.2 Å². The number of amides is 3. The molecule has 4 rings (SSSR count). The zero-order valence-corrected chi connectivity index (χ0v) is 16.9. The van der Waals surface area contributed by atoms with E-state index in [0.717, 1.165) is 18.6 Å². The number of urea groups is 1. The van der Waals surface area contributed by atoms with E-state index in [4.69, 9.17) is 4.42 Å². The zero-order valence-electron chi connectivity index (χ0n) is 16.9. The lowest BCUT2D eigenvalue weighted by molar-refractivity contribution is -0.137. The average Bonchev–Trinajstić information content (AvgIpc) is 3.31. The van der Waals surface area contributed by atoms with Crippen molar-refractivity contribution in [3.63, 3.8) is 0 Å². The molecular weight excluding hydrogens is 423 g/mol. The van der Waals surface area contributed by atoms with Gasteiger partial charge in [-0.2, -0.15) is 13.2 Å². The number of alkyl halides is 3. The monoisotopic (exact) mass is 443 g/mol. The van der Waals surface area contributed by atoms with E-state index < -0.39 is 11.7 Å². The van der Waals surface area contributed by atoms with Gasteiger partial charge in [0, 0.05) is 31.0 Å². The van der Waals surface area contributed by atoms with Crippen LogP contribution in [-0.2, 0) is 12.7 Å².